The molecular weight excluding hydrogens is 320 g/mol. The number of nitrogens with one attached hydrogen (secondary N) is 1. The lowest BCUT2D eigenvalue weighted by atomic mass is 10.2. The van der Waals surface area contributed by atoms with Gasteiger partial charge >= 0.3 is 0 Å². The fourth-order valence-corrected chi connectivity index (χ4v) is 3.80. The van der Waals surface area contributed by atoms with Crippen molar-refractivity contribution in [3.8, 4) is 0 Å². The van der Waals surface area contributed by atoms with Crippen molar-refractivity contribution in [1.82, 2.24) is 30.0 Å². The molecule has 0 atom stereocenters. The van der Waals surface area contributed by atoms with Crippen LogP contribution in [-0.2, 0) is 0 Å². The van der Waals surface area contributed by atoms with E-state index in [0.717, 1.165) is 45.9 Å². The van der Waals surface area contributed by atoms with Gasteiger partial charge in [0, 0.05) is 42.8 Å². The molecule has 1 aliphatic rings. The van der Waals surface area contributed by atoms with Crippen molar-refractivity contribution in [2.24, 2.45) is 0 Å². The number of piperazine rings is 1. The lowest BCUT2D eigenvalue weighted by Crippen LogP contribution is -2.44. The van der Waals surface area contributed by atoms with E-state index in [1.165, 1.54) is 26.2 Å². The maximum absolute atomic E-state index is 4.62. The van der Waals surface area contributed by atoms with E-state index in [2.05, 4.69) is 37.0 Å². The van der Waals surface area contributed by atoms with Crippen LogP contribution >= 0.6 is 11.8 Å². The van der Waals surface area contributed by atoms with Crippen LogP contribution in [0.15, 0.2) is 29.4 Å². The van der Waals surface area contributed by atoms with Gasteiger partial charge in [0.2, 0.25) is 5.16 Å². The zero-order valence-corrected chi connectivity index (χ0v) is 14.7. The number of rotatable bonds is 5. The van der Waals surface area contributed by atoms with Crippen LogP contribution in [0.2, 0.25) is 0 Å². The number of benzene rings is 1. The van der Waals surface area contributed by atoms with Gasteiger partial charge in [-0.25, -0.2) is 4.98 Å². The topological polar surface area (TPSA) is 60.9 Å². The van der Waals surface area contributed by atoms with E-state index in [4.69, 9.17) is 0 Å². The Morgan fingerprint density at radius 3 is 2.83 bits per heavy atom. The molecule has 1 aromatic carbocycles. The molecule has 0 bridgehead atoms. The Morgan fingerprint density at radius 2 is 1.96 bits per heavy atom. The summed E-state index contributed by atoms with van der Waals surface area (Å²) < 4.78 is 0. The lowest BCUT2D eigenvalue weighted by Gasteiger charge is -2.32. The summed E-state index contributed by atoms with van der Waals surface area (Å²) in [6.07, 6.45) is 1.16. The van der Waals surface area contributed by atoms with E-state index in [1.807, 2.05) is 24.3 Å². The third-order valence-electron chi connectivity index (χ3n) is 4.55. The Labute approximate surface area is 145 Å². The van der Waals surface area contributed by atoms with Crippen LogP contribution in [-0.4, -0.2) is 75.5 Å². The summed E-state index contributed by atoms with van der Waals surface area (Å²) in [5.74, 6) is 1.03. The Bertz CT molecular complexity index is 824. The highest BCUT2D eigenvalue weighted by molar-refractivity contribution is 7.99. The Hall–Kier alpha value is -1.70. The first-order valence-electron chi connectivity index (χ1n) is 8.44. The third kappa shape index (κ3) is 3.38. The minimum atomic E-state index is 0.757. The first kappa shape index (κ1) is 15.8. The standard InChI is InChI=1S/C17H22N6S/c1-22-8-10-23(11-9-22)7-4-12-24-17-19-16-15(20-21-17)13-5-2-3-6-14(13)18-16/h2-3,5-6H,4,7-12H2,1H3,(H,18,19,21). The summed E-state index contributed by atoms with van der Waals surface area (Å²) in [5.41, 5.74) is 2.74. The van der Waals surface area contributed by atoms with Crippen LogP contribution < -0.4 is 0 Å². The lowest BCUT2D eigenvalue weighted by molar-refractivity contribution is 0.154. The van der Waals surface area contributed by atoms with Gasteiger partial charge in [-0.15, -0.1) is 10.2 Å². The summed E-state index contributed by atoms with van der Waals surface area (Å²) in [4.78, 5) is 12.9. The normalized spacial score (nSPS) is 17.0. The molecule has 0 radical (unpaired) electrons. The van der Waals surface area contributed by atoms with Gasteiger partial charge < -0.3 is 14.8 Å². The van der Waals surface area contributed by atoms with Crippen molar-refractivity contribution in [2.45, 2.75) is 11.6 Å². The molecular formula is C17H22N6S. The highest BCUT2D eigenvalue weighted by Crippen LogP contribution is 2.23. The molecule has 2 aromatic heterocycles. The highest BCUT2D eigenvalue weighted by atomic mass is 32.2. The van der Waals surface area contributed by atoms with Gasteiger partial charge in [-0.2, -0.15) is 0 Å². The van der Waals surface area contributed by atoms with Crippen molar-refractivity contribution >= 4 is 33.8 Å². The predicted molar refractivity (Wildman–Crippen MR) is 98.5 cm³/mol. The number of hydrogen-bond acceptors (Lipinski definition) is 6. The first-order chi connectivity index (χ1) is 11.8. The van der Waals surface area contributed by atoms with E-state index in [1.54, 1.807) is 11.8 Å². The van der Waals surface area contributed by atoms with Gasteiger partial charge in [0.05, 0.1) is 0 Å². The Balaban J connectivity index is 1.34. The van der Waals surface area contributed by atoms with Crippen molar-refractivity contribution in [2.75, 3.05) is 45.5 Å². The number of nitrogens with zero attached hydrogens (tertiary/aromatic N) is 5. The molecule has 3 heterocycles. The summed E-state index contributed by atoms with van der Waals surface area (Å²) in [6.45, 7) is 5.87. The van der Waals surface area contributed by atoms with Crippen LogP contribution in [0.25, 0.3) is 22.1 Å². The van der Waals surface area contributed by atoms with Crippen molar-refractivity contribution < 1.29 is 0 Å². The number of aromatic amines is 1. The van der Waals surface area contributed by atoms with Crippen LogP contribution in [0, 0.1) is 0 Å². The SMILES string of the molecule is CN1CCN(CCCSc2nnc3c(n2)[nH]c2ccccc23)CC1. The van der Waals surface area contributed by atoms with Crippen molar-refractivity contribution in [1.29, 1.82) is 0 Å². The average molecular weight is 342 g/mol. The van der Waals surface area contributed by atoms with Crippen molar-refractivity contribution in [3.63, 3.8) is 0 Å². The number of H-pyrrole nitrogens is 1. The molecule has 24 heavy (non-hydrogen) atoms. The van der Waals surface area contributed by atoms with Crippen LogP contribution in [0.1, 0.15) is 6.42 Å². The van der Waals surface area contributed by atoms with E-state index in [0.29, 0.717) is 0 Å². The Morgan fingerprint density at radius 1 is 1.12 bits per heavy atom. The zero-order chi connectivity index (χ0) is 16.4. The molecule has 1 fully saturated rings. The number of likely N-dealkylation sites (N-methyl/N-ethyl adjacent to an activating group) is 1. The summed E-state index contributed by atoms with van der Waals surface area (Å²) in [5, 5.41) is 10.5. The van der Waals surface area contributed by atoms with Gasteiger partial charge in [0.15, 0.2) is 5.65 Å². The monoisotopic (exact) mass is 342 g/mol. The van der Waals surface area contributed by atoms with Gasteiger partial charge in [0.25, 0.3) is 0 Å². The fourth-order valence-electron chi connectivity index (χ4n) is 3.09. The fraction of sp³-hybridized carbons (Fsp3) is 0.471. The quantitative estimate of drug-likeness (QED) is 0.567. The van der Waals surface area contributed by atoms with E-state index in [9.17, 15) is 0 Å². The predicted octanol–water partition coefficient (Wildman–Crippen LogP) is 2.24. The third-order valence-corrected chi connectivity index (χ3v) is 5.47. The summed E-state index contributed by atoms with van der Waals surface area (Å²) in [7, 11) is 2.19. The molecule has 1 saturated heterocycles. The highest BCUT2D eigenvalue weighted by Gasteiger charge is 2.13. The molecule has 3 aromatic rings. The number of para-hydroxylation sites is 1. The number of thioether (sulfide) groups is 1. The number of hydrogen-bond donors (Lipinski definition) is 1. The van der Waals surface area contributed by atoms with Crippen molar-refractivity contribution in [3.05, 3.63) is 24.3 Å². The maximum Gasteiger partial charge on any atom is 0.211 e. The maximum atomic E-state index is 4.62. The molecule has 4 rings (SSSR count). The first-order valence-corrected chi connectivity index (χ1v) is 9.43. The van der Waals surface area contributed by atoms with Crippen LogP contribution in [0.4, 0.5) is 0 Å². The molecule has 0 unspecified atom stereocenters. The molecule has 7 heteroatoms. The summed E-state index contributed by atoms with van der Waals surface area (Å²) >= 11 is 1.69. The molecule has 0 saturated carbocycles. The molecule has 0 aliphatic carbocycles. The molecule has 1 N–H and O–H groups in total. The average Bonchev–Trinajstić information content (AvgIpc) is 2.98. The molecule has 6 nitrogen and oxygen atoms in total. The van der Waals surface area contributed by atoms with E-state index >= 15 is 0 Å². The second-order valence-corrected chi connectivity index (χ2v) is 7.37. The summed E-state index contributed by atoms with van der Waals surface area (Å²) in [6, 6.07) is 8.12. The minimum absolute atomic E-state index is 0.757. The number of aromatic nitrogens is 4. The van der Waals surface area contributed by atoms with Crippen LogP contribution in [0.5, 0.6) is 0 Å². The molecule has 1 aliphatic heterocycles. The number of fused-ring (bicyclic) bond motifs is 3. The smallest absolute Gasteiger partial charge is 0.211 e. The van der Waals surface area contributed by atoms with Crippen LogP contribution in [0.3, 0.4) is 0 Å². The van der Waals surface area contributed by atoms with E-state index < -0.39 is 0 Å². The second kappa shape index (κ2) is 7.04. The van der Waals surface area contributed by atoms with Gasteiger partial charge in [-0.1, -0.05) is 30.0 Å². The van der Waals surface area contributed by atoms with Gasteiger partial charge in [-0.05, 0) is 26.1 Å². The Kier molecular flexibility index (Phi) is 4.64. The van der Waals surface area contributed by atoms with E-state index in [-0.39, 0.29) is 0 Å². The van der Waals surface area contributed by atoms with Gasteiger partial charge in [-0.3, -0.25) is 0 Å². The molecule has 0 amide bonds. The zero-order valence-electron chi connectivity index (χ0n) is 13.9. The minimum Gasteiger partial charge on any atom is -0.338 e. The largest absolute Gasteiger partial charge is 0.338 e. The second-order valence-electron chi connectivity index (χ2n) is 6.31. The molecule has 126 valence electrons. The molecule has 0 spiro atoms. The van der Waals surface area contributed by atoms with Gasteiger partial charge in [0.1, 0.15) is 5.52 Å².